The first-order chi connectivity index (χ1) is 12.6. The van der Waals surface area contributed by atoms with E-state index in [-0.39, 0.29) is 25.0 Å². The van der Waals surface area contributed by atoms with Crippen LogP contribution in [0.15, 0.2) is 54.6 Å². The minimum Gasteiger partial charge on any atom is -0.489 e. The van der Waals surface area contributed by atoms with Crippen molar-refractivity contribution < 1.29 is 19.1 Å². The number of nitrogens with one attached hydrogen (secondary N) is 2. The van der Waals surface area contributed by atoms with Crippen LogP contribution in [0.1, 0.15) is 11.1 Å². The Labute approximate surface area is 152 Å². The Morgan fingerprint density at radius 3 is 2.42 bits per heavy atom. The number of esters is 1. The number of methoxy groups -OCH3 is 1. The maximum Gasteiger partial charge on any atom is 0.328 e. The number of hydrogen-bond donors (Lipinski definition) is 2. The molecule has 0 aromatic heterocycles. The molecule has 1 saturated heterocycles. The van der Waals surface area contributed by atoms with E-state index >= 15 is 0 Å². The molecular weight excluding hydrogens is 332 g/mol. The Morgan fingerprint density at radius 2 is 1.81 bits per heavy atom. The van der Waals surface area contributed by atoms with Crippen molar-refractivity contribution in [3.05, 3.63) is 65.7 Å². The van der Waals surface area contributed by atoms with Gasteiger partial charge in [-0.25, -0.2) is 4.79 Å². The summed E-state index contributed by atoms with van der Waals surface area (Å²) in [4.78, 5) is 23.7. The van der Waals surface area contributed by atoms with Gasteiger partial charge in [0.25, 0.3) is 0 Å². The van der Waals surface area contributed by atoms with E-state index in [0.717, 1.165) is 16.9 Å². The summed E-state index contributed by atoms with van der Waals surface area (Å²) in [5.74, 6) is 0.241. The van der Waals surface area contributed by atoms with Crippen molar-refractivity contribution in [2.24, 2.45) is 0 Å². The normalized spacial score (nSPS) is 19.5. The second-order valence-electron chi connectivity index (χ2n) is 6.30. The molecule has 0 unspecified atom stereocenters. The molecule has 2 aromatic rings. The van der Waals surface area contributed by atoms with E-state index in [1.54, 1.807) is 0 Å². The average molecular weight is 354 g/mol. The van der Waals surface area contributed by atoms with Crippen molar-refractivity contribution in [2.45, 2.75) is 18.6 Å². The van der Waals surface area contributed by atoms with Gasteiger partial charge in [0.1, 0.15) is 17.9 Å². The van der Waals surface area contributed by atoms with Crippen molar-refractivity contribution in [3.63, 3.8) is 0 Å². The summed E-state index contributed by atoms with van der Waals surface area (Å²) in [5, 5.41) is 5.76. The zero-order valence-electron chi connectivity index (χ0n) is 14.7. The zero-order valence-corrected chi connectivity index (χ0v) is 14.7. The molecule has 0 saturated carbocycles. The predicted octanol–water partition coefficient (Wildman–Crippen LogP) is 1.44. The van der Waals surface area contributed by atoms with E-state index in [1.165, 1.54) is 7.11 Å². The number of carbonyl (C=O) groups is 2. The smallest absolute Gasteiger partial charge is 0.328 e. The number of carbonyl (C=O) groups excluding carboxylic acids is 2. The Bertz CT molecular complexity index is 749. The van der Waals surface area contributed by atoms with Crippen LogP contribution in [0, 0.1) is 0 Å². The van der Waals surface area contributed by atoms with Crippen LogP contribution in [0.3, 0.4) is 0 Å². The molecule has 0 aliphatic carbocycles. The molecule has 1 atom stereocenters. The van der Waals surface area contributed by atoms with Crippen LogP contribution in [0.4, 0.5) is 0 Å². The van der Waals surface area contributed by atoms with Gasteiger partial charge in [0.2, 0.25) is 5.91 Å². The van der Waals surface area contributed by atoms with Crippen molar-refractivity contribution in [3.8, 4) is 5.75 Å². The van der Waals surface area contributed by atoms with Gasteiger partial charge in [0, 0.05) is 13.0 Å². The van der Waals surface area contributed by atoms with Gasteiger partial charge < -0.3 is 14.8 Å². The van der Waals surface area contributed by atoms with Gasteiger partial charge in [-0.2, -0.15) is 0 Å². The molecule has 1 fully saturated rings. The molecule has 2 aromatic carbocycles. The molecule has 6 heteroatoms. The number of rotatable bonds is 6. The average Bonchev–Trinajstić information content (AvgIpc) is 2.69. The van der Waals surface area contributed by atoms with Crippen molar-refractivity contribution in [1.29, 1.82) is 0 Å². The van der Waals surface area contributed by atoms with Crippen molar-refractivity contribution >= 4 is 11.9 Å². The third-order valence-electron chi connectivity index (χ3n) is 4.43. The Morgan fingerprint density at radius 1 is 1.08 bits per heavy atom. The molecule has 1 aliphatic rings. The van der Waals surface area contributed by atoms with Gasteiger partial charge in [0.15, 0.2) is 0 Å². The summed E-state index contributed by atoms with van der Waals surface area (Å²) in [6.45, 7) is 0.790. The molecule has 1 aliphatic heterocycles. The lowest BCUT2D eigenvalue weighted by atomic mass is 9.89. The first kappa shape index (κ1) is 17.9. The van der Waals surface area contributed by atoms with E-state index < -0.39 is 5.54 Å². The molecule has 2 N–H and O–H groups in total. The van der Waals surface area contributed by atoms with Gasteiger partial charge in [-0.15, -0.1) is 0 Å². The summed E-state index contributed by atoms with van der Waals surface area (Å²) in [5.41, 5.74) is 1.10. The van der Waals surface area contributed by atoms with Crippen LogP contribution in [-0.4, -0.2) is 37.6 Å². The second kappa shape index (κ2) is 8.01. The number of piperazine rings is 1. The first-order valence-electron chi connectivity index (χ1n) is 8.47. The van der Waals surface area contributed by atoms with E-state index in [4.69, 9.17) is 9.47 Å². The SMILES string of the molecule is COC(=O)[C@]1(Cc2ccc(OCc3ccccc3)cc2)CNC(=O)CN1. The molecule has 0 bridgehead atoms. The van der Waals surface area contributed by atoms with Gasteiger partial charge in [-0.3, -0.25) is 10.1 Å². The zero-order chi connectivity index (χ0) is 18.4. The van der Waals surface area contributed by atoms with Crippen LogP contribution < -0.4 is 15.4 Å². The molecule has 136 valence electrons. The highest BCUT2D eigenvalue weighted by Crippen LogP contribution is 2.20. The monoisotopic (exact) mass is 354 g/mol. The van der Waals surface area contributed by atoms with Crippen molar-refractivity contribution in [1.82, 2.24) is 10.6 Å². The minimum atomic E-state index is -0.949. The van der Waals surface area contributed by atoms with Crippen LogP contribution in [0.25, 0.3) is 0 Å². The largest absolute Gasteiger partial charge is 0.489 e. The van der Waals surface area contributed by atoms with Gasteiger partial charge in [-0.05, 0) is 23.3 Å². The highest BCUT2D eigenvalue weighted by molar-refractivity contribution is 5.87. The molecule has 0 spiro atoms. The molecule has 6 nitrogen and oxygen atoms in total. The quantitative estimate of drug-likeness (QED) is 0.768. The van der Waals surface area contributed by atoms with Crippen LogP contribution in [0.5, 0.6) is 5.75 Å². The topological polar surface area (TPSA) is 76.7 Å². The maximum atomic E-state index is 12.3. The highest BCUT2D eigenvalue weighted by Gasteiger charge is 2.42. The van der Waals surface area contributed by atoms with E-state index in [2.05, 4.69) is 10.6 Å². The minimum absolute atomic E-state index is 0.0906. The summed E-state index contributed by atoms with van der Waals surface area (Å²) in [6, 6.07) is 17.5. The van der Waals surface area contributed by atoms with E-state index in [1.807, 2.05) is 54.6 Å². The third-order valence-corrected chi connectivity index (χ3v) is 4.43. The maximum absolute atomic E-state index is 12.3. The third kappa shape index (κ3) is 4.21. The predicted molar refractivity (Wildman–Crippen MR) is 96.7 cm³/mol. The lowest BCUT2D eigenvalue weighted by Crippen LogP contribution is -2.66. The van der Waals surface area contributed by atoms with Crippen molar-refractivity contribution in [2.75, 3.05) is 20.2 Å². The fourth-order valence-electron chi connectivity index (χ4n) is 2.95. The summed E-state index contributed by atoms with van der Waals surface area (Å²) >= 11 is 0. The highest BCUT2D eigenvalue weighted by atomic mass is 16.5. The van der Waals surface area contributed by atoms with E-state index in [9.17, 15) is 9.59 Å². The van der Waals surface area contributed by atoms with Gasteiger partial charge >= 0.3 is 5.97 Å². The molecule has 26 heavy (non-hydrogen) atoms. The fourth-order valence-corrected chi connectivity index (χ4v) is 2.95. The summed E-state index contributed by atoms with van der Waals surface area (Å²) < 4.78 is 10.7. The Hall–Kier alpha value is -2.86. The fraction of sp³-hybridized carbons (Fsp3) is 0.300. The number of benzene rings is 2. The standard InChI is InChI=1S/C20H22N2O4/c1-25-19(24)20(14-21-18(23)12-22-20)11-15-7-9-17(10-8-15)26-13-16-5-3-2-4-6-16/h2-10,22H,11-14H2,1H3,(H,21,23)/t20-/m0/s1. The van der Waals surface area contributed by atoms with E-state index in [0.29, 0.717) is 13.0 Å². The second-order valence-corrected chi connectivity index (χ2v) is 6.30. The Kier molecular flexibility index (Phi) is 5.53. The lowest BCUT2D eigenvalue weighted by molar-refractivity contribution is -0.150. The van der Waals surface area contributed by atoms with Gasteiger partial charge in [-0.1, -0.05) is 42.5 Å². The Balaban J connectivity index is 1.65. The summed E-state index contributed by atoms with van der Waals surface area (Å²) in [6.07, 6.45) is 0.416. The first-order valence-corrected chi connectivity index (χ1v) is 8.47. The summed E-state index contributed by atoms with van der Waals surface area (Å²) in [7, 11) is 1.35. The lowest BCUT2D eigenvalue weighted by Gasteiger charge is -2.35. The van der Waals surface area contributed by atoms with Crippen LogP contribution in [-0.2, 0) is 27.4 Å². The number of amides is 1. The van der Waals surface area contributed by atoms with Gasteiger partial charge in [0.05, 0.1) is 13.7 Å². The number of hydrogen-bond acceptors (Lipinski definition) is 5. The molecule has 1 heterocycles. The molecule has 1 amide bonds. The van der Waals surface area contributed by atoms with Crippen LogP contribution >= 0.6 is 0 Å². The number of ether oxygens (including phenoxy) is 2. The molecular formula is C20H22N2O4. The molecule has 0 radical (unpaired) electrons. The molecule has 3 rings (SSSR count). The van der Waals surface area contributed by atoms with Crippen LogP contribution in [0.2, 0.25) is 0 Å².